The minimum atomic E-state index is -0.647. The van der Waals surface area contributed by atoms with Gasteiger partial charge in [0.2, 0.25) is 0 Å². The third-order valence-electron chi connectivity index (χ3n) is 5.07. The Morgan fingerprint density at radius 1 is 1.06 bits per heavy atom. The summed E-state index contributed by atoms with van der Waals surface area (Å²) in [5.41, 5.74) is 2.38. The molecule has 0 fully saturated rings. The summed E-state index contributed by atoms with van der Waals surface area (Å²) in [6, 6.07) is 21.5. The molecule has 33 heavy (non-hydrogen) atoms. The van der Waals surface area contributed by atoms with Gasteiger partial charge < -0.3 is 14.8 Å². The number of aromatic nitrogens is 2. The van der Waals surface area contributed by atoms with E-state index in [0.29, 0.717) is 34.9 Å². The molecule has 0 aliphatic carbocycles. The molecule has 1 amide bonds. The lowest BCUT2D eigenvalue weighted by molar-refractivity contribution is -0.122. The summed E-state index contributed by atoms with van der Waals surface area (Å²) in [7, 11) is 0. The molecule has 7 nitrogen and oxygen atoms in total. The number of fused-ring (bicyclic) bond motifs is 1. The molecule has 2 aromatic heterocycles. The predicted molar refractivity (Wildman–Crippen MR) is 127 cm³/mol. The maximum absolute atomic E-state index is 12.8. The Morgan fingerprint density at radius 2 is 1.82 bits per heavy atom. The summed E-state index contributed by atoms with van der Waals surface area (Å²) in [5, 5.41) is 2.89. The highest BCUT2D eigenvalue weighted by Crippen LogP contribution is 2.25. The van der Waals surface area contributed by atoms with E-state index < -0.39 is 6.10 Å². The van der Waals surface area contributed by atoms with Crippen LogP contribution >= 0.6 is 0 Å². The first-order valence-corrected chi connectivity index (χ1v) is 10.8. The van der Waals surface area contributed by atoms with Crippen LogP contribution in [0.1, 0.15) is 24.6 Å². The standard InChI is InChI=1S/C26H25N3O4/c1-3-22(33-20-9-5-4-6-10-20)26(31)28-21-11-7-8-12-23(21)32-17-19-15-25(30)29-16-18(2)13-14-24(29)27-19/h4-16,22H,3,17H2,1-2H3,(H,28,31). The van der Waals surface area contributed by atoms with Crippen molar-refractivity contribution in [1.29, 1.82) is 0 Å². The quantitative estimate of drug-likeness (QED) is 0.437. The van der Waals surface area contributed by atoms with Crippen molar-refractivity contribution >= 4 is 17.2 Å². The van der Waals surface area contributed by atoms with Gasteiger partial charge in [0.15, 0.2) is 6.10 Å². The van der Waals surface area contributed by atoms with Gasteiger partial charge in [-0.15, -0.1) is 0 Å². The number of carbonyl (C=O) groups is 1. The van der Waals surface area contributed by atoms with E-state index in [1.54, 1.807) is 24.4 Å². The molecule has 4 aromatic rings. The van der Waals surface area contributed by atoms with Gasteiger partial charge in [0.1, 0.15) is 23.8 Å². The Labute approximate surface area is 191 Å². The van der Waals surface area contributed by atoms with Crippen LogP contribution in [0.4, 0.5) is 5.69 Å². The summed E-state index contributed by atoms with van der Waals surface area (Å²) < 4.78 is 13.3. The van der Waals surface area contributed by atoms with Crippen LogP contribution in [-0.2, 0) is 11.4 Å². The number of aryl methyl sites for hydroxylation is 1. The van der Waals surface area contributed by atoms with Gasteiger partial charge in [0, 0.05) is 12.3 Å². The Morgan fingerprint density at radius 3 is 2.61 bits per heavy atom. The average Bonchev–Trinajstić information content (AvgIpc) is 2.83. The maximum atomic E-state index is 12.8. The second-order valence-electron chi connectivity index (χ2n) is 7.62. The average molecular weight is 444 g/mol. The van der Waals surface area contributed by atoms with Crippen molar-refractivity contribution in [2.45, 2.75) is 33.0 Å². The monoisotopic (exact) mass is 443 g/mol. The summed E-state index contributed by atoms with van der Waals surface area (Å²) in [4.78, 5) is 29.8. The largest absolute Gasteiger partial charge is 0.485 e. The molecule has 1 N–H and O–H groups in total. The fourth-order valence-corrected chi connectivity index (χ4v) is 3.38. The molecule has 2 aromatic carbocycles. The highest BCUT2D eigenvalue weighted by Gasteiger charge is 2.20. The van der Waals surface area contributed by atoms with Crippen molar-refractivity contribution in [2.24, 2.45) is 0 Å². The van der Waals surface area contributed by atoms with Gasteiger partial charge >= 0.3 is 0 Å². The number of ether oxygens (including phenoxy) is 2. The van der Waals surface area contributed by atoms with E-state index in [9.17, 15) is 9.59 Å². The van der Waals surface area contributed by atoms with Gasteiger partial charge in [-0.3, -0.25) is 14.0 Å². The van der Waals surface area contributed by atoms with E-state index in [1.807, 2.05) is 62.4 Å². The van der Waals surface area contributed by atoms with E-state index in [1.165, 1.54) is 10.5 Å². The summed E-state index contributed by atoms with van der Waals surface area (Å²) in [6.45, 7) is 3.90. The third kappa shape index (κ3) is 5.38. The molecule has 0 saturated heterocycles. The molecule has 2 heterocycles. The van der Waals surface area contributed by atoms with E-state index in [2.05, 4.69) is 10.3 Å². The number of nitrogens with one attached hydrogen (secondary N) is 1. The minimum absolute atomic E-state index is 0.0875. The van der Waals surface area contributed by atoms with Crippen LogP contribution in [0.3, 0.4) is 0 Å². The summed E-state index contributed by atoms with van der Waals surface area (Å²) in [6.07, 6.45) is 1.61. The van der Waals surface area contributed by atoms with Gasteiger partial charge in [0.25, 0.3) is 11.5 Å². The number of carbonyl (C=O) groups excluding carboxylic acids is 1. The lowest BCUT2D eigenvalue weighted by Gasteiger charge is -2.18. The van der Waals surface area contributed by atoms with Gasteiger partial charge in [-0.2, -0.15) is 0 Å². The van der Waals surface area contributed by atoms with Crippen LogP contribution in [0.25, 0.3) is 5.65 Å². The van der Waals surface area contributed by atoms with Crippen molar-refractivity contribution in [3.8, 4) is 11.5 Å². The van der Waals surface area contributed by atoms with Gasteiger partial charge in [0.05, 0.1) is 11.4 Å². The van der Waals surface area contributed by atoms with E-state index in [0.717, 1.165) is 5.56 Å². The molecule has 0 saturated carbocycles. The summed E-state index contributed by atoms with van der Waals surface area (Å²) in [5.74, 6) is 0.842. The van der Waals surface area contributed by atoms with Gasteiger partial charge in [-0.25, -0.2) is 4.98 Å². The first-order valence-electron chi connectivity index (χ1n) is 10.8. The molecule has 1 unspecified atom stereocenters. The van der Waals surface area contributed by atoms with Crippen LogP contribution in [0, 0.1) is 6.92 Å². The first kappa shape index (κ1) is 22.1. The molecule has 1 atom stereocenters. The SMILES string of the molecule is CCC(Oc1ccccc1)C(=O)Nc1ccccc1OCc1cc(=O)n2cc(C)ccc2n1. The zero-order chi connectivity index (χ0) is 23.2. The Bertz CT molecular complexity index is 1320. The van der Waals surface area contributed by atoms with Gasteiger partial charge in [-0.05, 0) is 49.2 Å². The Kier molecular flexibility index (Phi) is 6.69. The molecular formula is C26H25N3O4. The molecular weight excluding hydrogens is 418 g/mol. The Hall–Kier alpha value is -4.13. The van der Waals surface area contributed by atoms with Gasteiger partial charge in [-0.1, -0.05) is 43.3 Å². The molecule has 0 spiro atoms. The first-order chi connectivity index (χ1) is 16.0. The zero-order valence-electron chi connectivity index (χ0n) is 18.5. The Balaban J connectivity index is 1.47. The topological polar surface area (TPSA) is 81.9 Å². The fraction of sp³-hybridized carbons (Fsp3) is 0.192. The number of nitrogens with zero attached hydrogens (tertiary/aromatic N) is 2. The maximum Gasteiger partial charge on any atom is 0.265 e. The van der Waals surface area contributed by atoms with Crippen molar-refractivity contribution in [1.82, 2.24) is 9.38 Å². The number of pyridine rings is 1. The molecule has 0 bridgehead atoms. The van der Waals surface area contributed by atoms with Crippen LogP contribution in [0.5, 0.6) is 11.5 Å². The van der Waals surface area contributed by atoms with E-state index in [-0.39, 0.29) is 18.1 Å². The molecule has 0 aliphatic heterocycles. The lowest BCUT2D eigenvalue weighted by atomic mass is 10.2. The van der Waals surface area contributed by atoms with Crippen molar-refractivity contribution in [3.05, 3.63) is 101 Å². The number of benzene rings is 2. The number of anilines is 1. The second kappa shape index (κ2) is 9.99. The number of hydrogen-bond donors (Lipinski definition) is 1. The van der Waals surface area contributed by atoms with Crippen molar-refractivity contribution in [2.75, 3.05) is 5.32 Å². The van der Waals surface area contributed by atoms with Crippen LogP contribution in [0.15, 0.2) is 83.8 Å². The molecule has 4 rings (SSSR count). The van der Waals surface area contributed by atoms with Crippen molar-refractivity contribution < 1.29 is 14.3 Å². The number of amides is 1. The molecule has 0 aliphatic rings. The van der Waals surface area contributed by atoms with Crippen LogP contribution < -0.4 is 20.3 Å². The summed E-state index contributed by atoms with van der Waals surface area (Å²) >= 11 is 0. The van der Waals surface area contributed by atoms with Crippen LogP contribution in [0.2, 0.25) is 0 Å². The lowest BCUT2D eigenvalue weighted by Crippen LogP contribution is -2.32. The smallest absolute Gasteiger partial charge is 0.265 e. The fourth-order valence-electron chi connectivity index (χ4n) is 3.38. The van der Waals surface area contributed by atoms with Crippen molar-refractivity contribution in [3.63, 3.8) is 0 Å². The van der Waals surface area contributed by atoms with Crippen LogP contribution in [-0.4, -0.2) is 21.4 Å². The minimum Gasteiger partial charge on any atom is -0.485 e. The number of para-hydroxylation sites is 3. The molecule has 168 valence electrons. The van der Waals surface area contributed by atoms with E-state index >= 15 is 0 Å². The predicted octanol–water partition coefficient (Wildman–Crippen LogP) is 4.38. The van der Waals surface area contributed by atoms with E-state index in [4.69, 9.17) is 9.47 Å². The highest BCUT2D eigenvalue weighted by molar-refractivity contribution is 5.95. The normalized spacial score (nSPS) is 11.7. The molecule has 7 heteroatoms. The number of hydrogen-bond acceptors (Lipinski definition) is 5. The second-order valence-corrected chi connectivity index (χ2v) is 7.62. The highest BCUT2D eigenvalue weighted by atomic mass is 16.5. The third-order valence-corrected chi connectivity index (χ3v) is 5.07. The number of rotatable bonds is 8. The zero-order valence-corrected chi connectivity index (χ0v) is 18.5. The molecule has 0 radical (unpaired) electrons.